The molecule has 0 atom stereocenters. The number of hydrogen-bond acceptors (Lipinski definition) is 6. The molecule has 0 saturated carbocycles. The fraction of sp³-hybridized carbons (Fsp3) is 0.222. The SMILES string of the molecule is COCCCNc1cc(O)c2c(c1O)C(=O)c1ccccc1C2=O. The van der Waals surface area contributed by atoms with Gasteiger partial charge in [-0.25, -0.2) is 0 Å². The predicted molar refractivity (Wildman–Crippen MR) is 88.1 cm³/mol. The van der Waals surface area contributed by atoms with Crippen molar-refractivity contribution in [3.63, 3.8) is 0 Å². The van der Waals surface area contributed by atoms with E-state index in [4.69, 9.17) is 4.74 Å². The van der Waals surface area contributed by atoms with Gasteiger partial charge < -0.3 is 20.3 Å². The molecule has 0 bridgehead atoms. The number of hydrogen-bond donors (Lipinski definition) is 3. The van der Waals surface area contributed by atoms with Crippen molar-refractivity contribution in [2.45, 2.75) is 6.42 Å². The molecule has 0 saturated heterocycles. The van der Waals surface area contributed by atoms with Gasteiger partial charge in [0.05, 0.1) is 16.8 Å². The van der Waals surface area contributed by atoms with Crippen LogP contribution in [0.25, 0.3) is 0 Å². The number of anilines is 1. The lowest BCUT2D eigenvalue weighted by molar-refractivity contribution is 0.0974. The molecule has 0 aliphatic heterocycles. The lowest BCUT2D eigenvalue weighted by Crippen LogP contribution is -2.21. The Hall–Kier alpha value is -2.86. The van der Waals surface area contributed by atoms with Crippen LogP contribution in [0.2, 0.25) is 0 Å². The van der Waals surface area contributed by atoms with Crippen molar-refractivity contribution in [3.05, 3.63) is 52.6 Å². The summed E-state index contributed by atoms with van der Waals surface area (Å²) in [5.74, 6) is -1.61. The average Bonchev–Trinajstić information content (AvgIpc) is 2.59. The first-order chi connectivity index (χ1) is 11.6. The molecule has 3 N–H and O–H groups in total. The van der Waals surface area contributed by atoms with E-state index in [0.717, 1.165) is 0 Å². The minimum atomic E-state index is -0.478. The summed E-state index contributed by atoms with van der Waals surface area (Å²) in [5, 5.41) is 23.6. The third-order valence-corrected chi connectivity index (χ3v) is 3.99. The fourth-order valence-corrected chi connectivity index (χ4v) is 2.83. The maximum atomic E-state index is 12.7. The summed E-state index contributed by atoms with van der Waals surface area (Å²) in [7, 11) is 1.59. The zero-order chi connectivity index (χ0) is 17.3. The van der Waals surface area contributed by atoms with Crippen LogP contribution >= 0.6 is 0 Å². The van der Waals surface area contributed by atoms with Crippen LogP contribution in [0.1, 0.15) is 38.3 Å². The summed E-state index contributed by atoms with van der Waals surface area (Å²) in [6, 6.07) is 7.63. The number of phenolic OH excluding ortho intramolecular Hbond substituents is 2. The lowest BCUT2D eigenvalue weighted by atomic mass is 9.82. The monoisotopic (exact) mass is 327 g/mol. The van der Waals surface area contributed by atoms with Crippen molar-refractivity contribution in [3.8, 4) is 11.5 Å². The number of ketones is 2. The molecule has 0 spiro atoms. The molecule has 2 aromatic rings. The second-order valence-corrected chi connectivity index (χ2v) is 5.52. The van der Waals surface area contributed by atoms with E-state index < -0.39 is 11.6 Å². The maximum Gasteiger partial charge on any atom is 0.198 e. The number of methoxy groups -OCH3 is 1. The topological polar surface area (TPSA) is 95.9 Å². The van der Waals surface area contributed by atoms with Crippen LogP contribution < -0.4 is 5.32 Å². The molecule has 0 unspecified atom stereocenters. The van der Waals surface area contributed by atoms with Gasteiger partial charge >= 0.3 is 0 Å². The number of rotatable bonds is 5. The average molecular weight is 327 g/mol. The number of carbonyl (C=O) groups excluding carboxylic acids is 2. The Bertz CT molecular complexity index is 828. The highest BCUT2D eigenvalue weighted by molar-refractivity contribution is 6.30. The van der Waals surface area contributed by atoms with Gasteiger partial charge in [0.15, 0.2) is 17.3 Å². The Balaban J connectivity index is 2.05. The normalized spacial score (nSPS) is 12.7. The molecule has 0 fully saturated rings. The summed E-state index contributed by atoms with van der Waals surface area (Å²) in [4.78, 5) is 25.3. The van der Waals surface area contributed by atoms with E-state index in [1.807, 2.05) is 0 Å². The molecule has 3 rings (SSSR count). The van der Waals surface area contributed by atoms with E-state index in [-0.39, 0.29) is 39.4 Å². The maximum absolute atomic E-state index is 12.7. The van der Waals surface area contributed by atoms with Crippen molar-refractivity contribution in [2.24, 2.45) is 0 Å². The molecule has 2 aromatic carbocycles. The standard InChI is InChI=1S/C18H17NO5/c1-24-8-4-7-19-12-9-13(20)14-15(18(12)23)17(22)11-6-3-2-5-10(11)16(14)21/h2-3,5-6,9,19-20,23H,4,7-8H2,1H3. The Kier molecular flexibility index (Phi) is 4.22. The van der Waals surface area contributed by atoms with E-state index in [1.165, 1.54) is 18.2 Å². The second-order valence-electron chi connectivity index (χ2n) is 5.52. The van der Waals surface area contributed by atoms with Gasteiger partial charge in [0, 0.05) is 37.5 Å². The van der Waals surface area contributed by atoms with Gasteiger partial charge in [-0.1, -0.05) is 24.3 Å². The molecule has 0 heterocycles. The Morgan fingerprint density at radius 1 is 1.04 bits per heavy atom. The van der Waals surface area contributed by atoms with E-state index in [1.54, 1.807) is 19.2 Å². The van der Waals surface area contributed by atoms with Crippen LogP contribution in [0, 0.1) is 0 Å². The number of phenols is 2. The summed E-state index contributed by atoms with van der Waals surface area (Å²) in [5.41, 5.74) is 0.348. The second kappa shape index (κ2) is 6.33. The quantitative estimate of drug-likeness (QED) is 0.378. The molecule has 6 heteroatoms. The highest BCUT2D eigenvalue weighted by atomic mass is 16.5. The largest absolute Gasteiger partial charge is 0.507 e. The van der Waals surface area contributed by atoms with Gasteiger partial charge in [-0.05, 0) is 6.42 Å². The number of aromatic hydroxyl groups is 2. The van der Waals surface area contributed by atoms with Gasteiger partial charge in [0.25, 0.3) is 0 Å². The van der Waals surface area contributed by atoms with Crippen LogP contribution in [0.5, 0.6) is 11.5 Å². The van der Waals surface area contributed by atoms with Gasteiger partial charge in [-0.2, -0.15) is 0 Å². The molecule has 0 amide bonds. The molecule has 124 valence electrons. The van der Waals surface area contributed by atoms with Crippen molar-refractivity contribution in [1.29, 1.82) is 0 Å². The first-order valence-electron chi connectivity index (χ1n) is 7.56. The van der Waals surface area contributed by atoms with Gasteiger partial charge in [0.2, 0.25) is 0 Å². The molecular weight excluding hydrogens is 310 g/mol. The van der Waals surface area contributed by atoms with Crippen molar-refractivity contribution in [2.75, 3.05) is 25.6 Å². The van der Waals surface area contributed by atoms with Crippen molar-refractivity contribution in [1.82, 2.24) is 0 Å². The van der Waals surface area contributed by atoms with E-state index in [9.17, 15) is 19.8 Å². The van der Waals surface area contributed by atoms with Crippen LogP contribution in [0.4, 0.5) is 5.69 Å². The number of ether oxygens (including phenoxy) is 1. The summed E-state index contributed by atoms with van der Waals surface area (Å²) >= 11 is 0. The molecule has 0 aromatic heterocycles. The molecule has 1 aliphatic rings. The highest BCUT2D eigenvalue weighted by Gasteiger charge is 2.35. The first-order valence-corrected chi connectivity index (χ1v) is 7.56. The highest BCUT2D eigenvalue weighted by Crippen LogP contribution is 2.42. The van der Waals surface area contributed by atoms with Crippen LogP contribution in [0.15, 0.2) is 30.3 Å². The smallest absolute Gasteiger partial charge is 0.198 e. The van der Waals surface area contributed by atoms with Gasteiger partial charge in [-0.15, -0.1) is 0 Å². The van der Waals surface area contributed by atoms with E-state index in [2.05, 4.69) is 5.32 Å². The zero-order valence-electron chi connectivity index (χ0n) is 13.1. The minimum absolute atomic E-state index is 0.154. The molecular formula is C18H17NO5. The van der Waals surface area contributed by atoms with Crippen LogP contribution in [0.3, 0.4) is 0 Å². The van der Waals surface area contributed by atoms with Crippen molar-refractivity contribution >= 4 is 17.3 Å². The number of carbonyl (C=O) groups is 2. The number of fused-ring (bicyclic) bond motifs is 2. The predicted octanol–water partition coefficient (Wildman–Crippen LogP) is 2.32. The zero-order valence-corrected chi connectivity index (χ0v) is 13.1. The third-order valence-electron chi connectivity index (χ3n) is 3.99. The number of nitrogens with one attached hydrogen (secondary N) is 1. The third kappa shape index (κ3) is 2.51. The first kappa shape index (κ1) is 16.0. The van der Waals surface area contributed by atoms with Gasteiger partial charge in [0.1, 0.15) is 5.75 Å². The summed E-state index contributed by atoms with van der Waals surface area (Å²) in [6.07, 6.45) is 0.684. The number of benzene rings is 2. The van der Waals surface area contributed by atoms with Crippen LogP contribution in [-0.2, 0) is 4.74 Å². The molecule has 1 aliphatic carbocycles. The Morgan fingerprint density at radius 3 is 2.29 bits per heavy atom. The minimum Gasteiger partial charge on any atom is -0.507 e. The Morgan fingerprint density at radius 2 is 1.67 bits per heavy atom. The molecule has 0 radical (unpaired) electrons. The molecule has 24 heavy (non-hydrogen) atoms. The van der Waals surface area contributed by atoms with Crippen molar-refractivity contribution < 1.29 is 24.5 Å². The lowest BCUT2D eigenvalue weighted by Gasteiger charge is -2.21. The summed E-state index contributed by atoms with van der Waals surface area (Å²) < 4.78 is 4.94. The van der Waals surface area contributed by atoms with E-state index in [0.29, 0.717) is 19.6 Å². The summed E-state index contributed by atoms with van der Waals surface area (Å²) in [6.45, 7) is 1.02. The van der Waals surface area contributed by atoms with E-state index >= 15 is 0 Å². The van der Waals surface area contributed by atoms with Gasteiger partial charge in [-0.3, -0.25) is 9.59 Å². The molecule has 6 nitrogen and oxygen atoms in total. The fourth-order valence-electron chi connectivity index (χ4n) is 2.83. The van der Waals surface area contributed by atoms with Crippen LogP contribution in [-0.4, -0.2) is 42.0 Å². The Labute approximate surface area is 138 Å².